The standard InChI is InChI=1S/C2H2O2.Na.H2O4S/c3-1-2-4;;1-5(2,3)4/h1-2H;;(H2,1,2,3,4)/q;+1;/p-1. The van der Waals surface area contributed by atoms with Crippen LogP contribution in [0.15, 0.2) is 0 Å². The second-order valence-electron chi connectivity index (χ2n) is 0.700. The van der Waals surface area contributed by atoms with Crippen LogP contribution in [0.5, 0.6) is 0 Å². The molecule has 0 bridgehead atoms. The molecule has 0 aliphatic carbocycles. The normalized spacial score (nSPS) is 7.80. The van der Waals surface area contributed by atoms with Crippen molar-refractivity contribution in [2.45, 2.75) is 0 Å². The first-order chi connectivity index (χ1) is 3.91. The fourth-order valence-electron chi connectivity index (χ4n) is 0. The molecule has 0 spiro atoms. The molecule has 0 atom stereocenters. The number of hydrogen-bond acceptors (Lipinski definition) is 5. The summed E-state index contributed by atoms with van der Waals surface area (Å²) in [6.45, 7) is 0. The van der Waals surface area contributed by atoms with E-state index in [1.54, 1.807) is 0 Å². The average molecular weight is 178 g/mol. The van der Waals surface area contributed by atoms with Crippen molar-refractivity contribution < 1.29 is 56.7 Å². The monoisotopic (exact) mass is 178 g/mol. The molecular weight excluding hydrogens is 175 g/mol. The fourth-order valence-corrected chi connectivity index (χ4v) is 0. The van der Waals surface area contributed by atoms with E-state index >= 15 is 0 Å². The maximum Gasteiger partial charge on any atom is 1.00 e. The summed E-state index contributed by atoms with van der Waals surface area (Å²) in [5.74, 6) is 0. The SMILES string of the molecule is O=CC=O.O=S(=O)([O-])O.[Na+]. The minimum Gasteiger partial charge on any atom is -0.726 e. The van der Waals surface area contributed by atoms with Crippen LogP contribution in [-0.4, -0.2) is 30.1 Å². The van der Waals surface area contributed by atoms with Crippen LogP contribution >= 0.6 is 0 Å². The Balaban J connectivity index is -0.0000000910. The molecule has 0 unspecified atom stereocenters. The molecule has 10 heavy (non-hydrogen) atoms. The first kappa shape index (κ1) is 16.7. The summed E-state index contributed by atoms with van der Waals surface area (Å²) in [7, 11) is -4.92. The van der Waals surface area contributed by atoms with Crippen LogP contribution in [0, 0.1) is 0 Å². The molecule has 0 rings (SSSR count). The van der Waals surface area contributed by atoms with Crippen molar-refractivity contribution in [2.75, 3.05) is 0 Å². The molecule has 6 nitrogen and oxygen atoms in total. The Morgan fingerprint density at radius 1 is 1.20 bits per heavy atom. The number of hydrogen-bond donors (Lipinski definition) is 1. The zero-order valence-electron chi connectivity index (χ0n) is 5.05. The molecule has 0 aromatic heterocycles. The van der Waals surface area contributed by atoms with E-state index < -0.39 is 10.4 Å². The van der Waals surface area contributed by atoms with E-state index in [4.69, 9.17) is 27.1 Å². The predicted octanol–water partition coefficient (Wildman–Crippen LogP) is -4.61. The van der Waals surface area contributed by atoms with Gasteiger partial charge in [-0.15, -0.1) is 0 Å². The van der Waals surface area contributed by atoms with Gasteiger partial charge in [-0.25, -0.2) is 8.42 Å². The van der Waals surface area contributed by atoms with Gasteiger partial charge in [0.2, 0.25) is 10.4 Å². The fraction of sp³-hybridized carbons (Fsp3) is 0. The minimum absolute atomic E-state index is 0. The topological polar surface area (TPSA) is 112 Å². The number of aldehydes is 2. The van der Waals surface area contributed by atoms with Gasteiger partial charge in [-0.3, -0.25) is 14.1 Å². The summed E-state index contributed by atoms with van der Waals surface area (Å²) in [5.41, 5.74) is 0. The van der Waals surface area contributed by atoms with Crippen LogP contribution in [0.4, 0.5) is 0 Å². The van der Waals surface area contributed by atoms with E-state index in [-0.39, 0.29) is 42.1 Å². The van der Waals surface area contributed by atoms with Crippen molar-refractivity contribution in [3.8, 4) is 0 Å². The summed E-state index contributed by atoms with van der Waals surface area (Å²) < 4.78 is 32.8. The molecule has 1 N–H and O–H groups in total. The Labute approximate surface area is 79.5 Å². The molecule has 0 radical (unpaired) electrons. The van der Waals surface area contributed by atoms with Gasteiger partial charge in [0.05, 0.1) is 0 Å². The molecule has 0 aromatic rings. The van der Waals surface area contributed by atoms with Crippen LogP contribution in [-0.2, 0) is 20.0 Å². The van der Waals surface area contributed by atoms with Gasteiger partial charge in [-0.05, 0) is 0 Å². The van der Waals surface area contributed by atoms with Gasteiger partial charge in [0.25, 0.3) is 0 Å². The first-order valence-corrected chi connectivity index (χ1v) is 2.85. The van der Waals surface area contributed by atoms with Crippen molar-refractivity contribution in [1.82, 2.24) is 0 Å². The molecule has 0 amide bonds. The number of rotatable bonds is 1. The summed E-state index contributed by atoms with van der Waals surface area (Å²) in [5, 5.41) is 0. The van der Waals surface area contributed by atoms with Crippen LogP contribution in [0.2, 0.25) is 0 Å². The van der Waals surface area contributed by atoms with Gasteiger partial charge >= 0.3 is 29.6 Å². The van der Waals surface area contributed by atoms with E-state index in [9.17, 15) is 0 Å². The van der Waals surface area contributed by atoms with Gasteiger partial charge in [-0.1, -0.05) is 0 Å². The summed E-state index contributed by atoms with van der Waals surface area (Å²) in [6, 6.07) is 0. The summed E-state index contributed by atoms with van der Waals surface area (Å²) in [6.07, 6.45) is 0.389. The third kappa shape index (κ3) is 292. The van der Waals surface area contributed by atoms with Crippen LogP contribution < -0.4 is 29.6 Å². The van der Waals surface area contributed by atoms with Crippen LogP contribution in [0.25, 0.3) is 0 Å². The molecule has 0 saturated carbocycles. The Bertz CT molecular complexity index is 156. The maximum atomic E-state index is 8.81. The van der Waals surface area contributed by atoms with Gasteiger partial charge in [0.15, 0.2) is 12.6 Å². The van der Waals surface area contributed by atoms with E-state index in [1.807, 2.05) is 0 Å². The molecule has 54 valence electrons. The van der Waals surface area contributed by atoms with Crippen LogP contribution in [0.3, 0.4) is 0 Å². The van der Waals surface area contributed by atoms with Crippen molar-refractivity contribution in [2.24, 2.45) is 0 Å². The van der Waals surface area contributed by atoms with Crippen molar-refractivity contribution in [3.63, 3.8) is 0 Å². The molecular formula is C2H3NaO6S. The zero-order chi connectivity index (χ0) is 7.91. The van der Waals surface area contributed by atoms with Crippen molar-refractivity contribution in [1.29, 1.82) is 0 Å². The minimum atomic E-state index is -4.92. The molecule has 0 aromatic carbocycles. The zero-order valence-corrected chi connectivity index (χ0v) is 7.87. The number of carbonyl (C=O) groups is 2. The first-order valence-electron chi connectivity index (χ1n) is 1.49. The molecule has 0 heterocycles. The Morgan fingerprint density at radius 2 is 1.30 bits per heavy atom. The summed E-state index contributed by atoms with van der Waals surface area (Å²) in [4.78, 5) is 17.6. The molecule has 0 aliphatic rings. The second kappa shape index (κ2) is 9.21. The average Bonchev–Trinajstić information content (AvgIpc) is 1.61. The smallest absolute Gasteiger partial charge is 0.726 e. The van der Waals surface area contributed by atoms with E-state index in [1.165, 1.54) is 0 Å². The third-order valence-corrected chi connectivity index (χ3v) is 0.0556. The van der Waals surface area contributed by atoms with Crippen molar-refractivity contribution >= 4 is 23.0 Å². The van der Waals surface area contributed by atoms with Gasteiger partial charge in [0, 0.05) is 0 Å². The van der Waals surface area contributed by atoms with Crippen LogP contribution in [0.1, 0.15) is 0 Å². The maximum absolute atomic E-state index is 8.81. The van der Waals surface area contributed by atoms with Gasteiger partial charge in [-0.2, -0.15) is 0 Å². The van der Waals surface area contributed by atoms with Crippen molar-refractivity contribution in [3.05, 3.63) is 0 Å². The Hall–Kier alpha value is 0.210. The second-order valence-corrected chi connectivity index (χ2v) is 1.56. The van der Waals surface area contributed by atoms with Gasteiger partial charge in [0.1, 0.15) is 0 Å². The van der Waals surface area contributed by atoms with E-state index in [0.717, 1.165) is 0 Å². The molecule has 0 aliphatic heterocycles. The van der Waals surface area contributed by atoms with E-state index in [0.29, 0.717) is 0 Å². The Kier molecular flexibility index (Phi) is 15.3. The van der Waals surface area contributed by atoms with E-state index in [2.05, 4.69) is 0 Å². The predicted molar refractivity (Wildman–Crippen MR) is 24.5 cm³/mol. The number of carbonyl (C=O) groups excluding carboxylic acids is 2. The Morgan fingerprint density at radius 3 is 1.30 bits per heavy atom. The molecule has 0 saturated heterocycles. The largest absolute Gasteiger partial charge is 1.00 e. The molecule has 8 heteroatoms. The quantitative estimate of drug-likeness (QED) is 0.142. The molecule has 0 fully saturated rings. The van der Waals surface area contributed by atoms with Gasteiger partial charge < -0.3 is 4.55 Å². The third-order valence-electron chi connectivity index (χ3n) is 0.0556. The summed E-state index contributed by atoms with van der Waals surface area (Å²) >= 11 is 0.